The van der Waals surface area contributed by atoms with Crippen LogP contribution in [0.25, 0.3) is 0 Å². The molecule has 1 heterocycles. The van der Waals surface area contributed by atoms with Crippen molar-refractivity contribution in [3.63, 3.8) is 0 Å². The van der Waals surface area contributed by atoms with E-state index in [4.69, 9.17) is 0 Å². The highest BCUT2D eigenvalue weighted by Gasteiger charge is 2.16. The van der Waals surface area contributed by atoms with Crippen molar-refractivity contribution in [2.45, 2.75) is 23.2 Å². The molecule has 14 heavy (non-hydrogen) atoms. The van der Waals surface area contributed by atoms with Gasteiger partial charge in [-0.25, -0.2) is 0 Å². The molecule has 0 N–H and O–H groups in total. The third-order valence-corrected chi connectivity index (χ3v) is 3.41. The molecule has 0 saturated carbocycles. The SMILES string of the molecule is BrCc1cc(CBr)cc(CC2N=N2)c1. The van der Waals surface area contributed by atoms with Crippen LogP contribution in [-0.4, -0.2) is 6.17 Å². The smallest absolute Gasteiger partial charge is 0.162 e. The molecule has 0 amide bonds. The van der Waals surface area contributed by atoms with Crippen LogP contribution in [0, 0.1) is 0 Å². The Morgan fingerprint density at radius 1 is 0.929 bits per heavy atom. The van der Waals surface area contributed by atoms with Gasteiger partial charge in [0.05, 0.1) is 0 Å². The number of hydrogen-bond acceptors (Lipinski definition) is 2. The lowest BCUT2D eigenvalue weighted by Gasteiger charge is -2.05. The van der Waals surface area contributed by atoms with Gasteiger partial charge in [0.1, 0.15) is 0 Å². The fourth-order valence-electron chi connectivity index (χ4n) is 1.45. The third kappa shape index (κ3) is 2.64. The molecule has 2 nitrogen and oxygen atoms in total. The van der Waals surface area contributed by atoms with Gasteiger partial charge in [-0.2, -0.15) is 10.2 Å². The molecule has 0 fully saturated rings. The molecule has 4 heteroatoms. The first kappa shape index (κ1) is 10.3. The van der Waals surface area contributed by atoms with Crippen molar-refractivity contribution < 1.29 is 0 Å². The predicted molar refractivity (Wildman–Crippen MR) is 64.1 cm³/mol. The standard InChI is InChI=1S/C10H10Br2N2/c11-5-8-1-7(4-10-13-14-10)2-9(3-8)6-12/h1-3,10H,4-6H2. The Morgan fingerprint density at radius 3 is 1.86 bits per heavy atom. The van der Waals surface area contributed by atoms with Gasteiger partial charge in [0.2, 0.25) is 0 Å². The van der Waals surface area contributed by atoms with Gasteiger partial charge in [-0.3, -0.25) is 0 Å². The maximum absolute atomic E-state index is 3.91. The summed E-state index contributed by atoms with van der Waals surface area (Å²) in [6, 6.07) is 6.63. The highest BCUT2D eigenvalue weighted by molar-refractivity contribution is 9.08. The average Bonchev–Trinajstić information content (AvgIpc) is 3.01. The van der Waals surface area contributed by atoms with Gasteiger partial charge in [0.15, 0.2) is 6.17 Å². The minimum Gasteiger partial charge on any atom is -0.162 e. The molecular weight excluding hydrogens is 308 g/mol. The van der Waals surface area contributed by atoms with Crippen LogP contribution in [0.5, 0.6) is 0 Å². The molecule has 0 bridgehead atoms. The van der Waals surface area contributed by atoms with E-state index in [1.165, 1.54) is 16.7 Å². The van der Waals surface area contributed by atoms with E-state index in [1.54, 1.807) is 0 Å². The lowest BCUT2D eigenvalue weighted by Crippen LogP contribution is -1.95. The molecule has 0 aliphatic carbocycles. The molecule has 0 unspecified atom stereocenters. The zero-order valence-electron chi connectivity index (χ0n) is 7.58. The van der Waals surface area contributed by atoms with Gasteiger partial charge >= 0.3 is 0 Å². The van der Waals surface area contributed by atoms with Gasteiger partial charge in [-0.15, -0.1) is 0 Å². The molecule has 0 atom stereocenters. The second-order valence-electron chi connectivity index (χ2n) is 3.34. The fraction of sp³-hybridized carbons (Fsp3) is 0.400. The van der Waals surface area contributed by atoms with E-state index in [0.29, 0.717) is 0 Å². The zero-order valence-corrected chi connectivity index (χ0v) is 10.8. The molecule has 2 rings (SSSR count). The molecule has 0 saturated heterocycles. The van der Waals surface area contributed by atoms with Gasteiger partial charge in [0, 0.05) is 17.1 Å². The number of rotatable bonds is 4. The second kappa shape index (κ2) is 4.53. The molecule has 1 aliphatic heterocycles. The summed E-state index contributed by atoms with van der Waals surface area (Å²) in [5.74, 6) is 0. The topological polar surface area (TPSA) is 24.7 Å². The van der Waals surface area contributed by atoms with Crippen molar-refractivity contribution in [3.05, 3.63) is 34.9 Å². The second-order valence-corrected chi connectivity index (χ2v) is 4.46. The summed E-state index contributed by atoms with van der Waals surface area (Å²) < 4.78 is 0. The van der Waals surface area contributed by atoms with Crippen molar-refractivity contribution in [3.8, 4) is 0 Å². The first-order chi connectivity index (χ1) is 6.81. The van der Waals surface area contributed by atoms with Crippen LogP contribution in [-0.2, 0) is 17.1 Å². The number of benzene rings is 1. The van der Waals surface area contributed by atoms with E-state index in [2.05, 4.69) is 60.3 Å². The molecule has 74 valence electrons. The van der Waals surface area contributed by atoms with E-state index in [-0.39, 0.29) is 6.17 Å². The largest absolute Gasteiger partial charge is 0.185 e. The van der Waals surface area contributed by atoms with E-state index in [1.807, 2.05) is 0 Å². The Bertz CT molecular complexity index is 335. The third-order valence-electron chi connectivity index (χ3n) is 2.12. The Kier molecular flexibility index (Phi) is 3.34. The number of nitrogens with zero attached hydrogens (tertiary/aromatic N) is 2. The van der Waals surface area contributed by atoms with Crippen molar-refractivity contribution in [1.82, 2.24) is 0 Å². The molecule has 1 aliphatic rings. The Labute approximate surface area is 100 Å². The first-order valence-electron chi connectivity index (χ1n) is 4.45. The molecule has 1 aromatic rings. The average molecular weight is 318 g/mol. The Hall–Kier alpha value is -0.220. The number of alkyl halides is 2. The molecule has 0 spiro atoms. The fourth-order valence-corrected chi connectivity index (χ4v) is 2.10. The summed E-state index contributed by atoms with van der Waals surface area (Å²) in [5.41, 5.74) is 3.96. The molecule has 0 aromatic heterocycles. The number of hydrogen-bond donors (Lipinski definition) is 0. The lowest BCUT2D eigenvalue weighted by atomic mass is 10.0. The van der Waals surface area contributed by atoms with Crippen LogP contribution in [0.3, 0.4) is 0 Å². The van der Waals surface area contributed by atoms with Crippen LogP contribution in [0.15, 0.2) is 28.4 Å². The maximum atomic E-state index is 3.91. The first-order valence-corrected chi connectivity index (χ1v) is 6.69. The minimum absolute atomic E-state index is 0.226. The lowest BCUT2D eigenvalue weighted by molar-refractivity contribution is 0.902. The summed E-state index contributed by atoms with van der Waals surface area (Å²) in [6.07, 6.45) is 1.17. The van der Waals surface area contributed by atoms with Crippen molar-refractivity contribution in [1.29, 1.82) is 0 Å². The monoisotopic (exact) mass is 316 g/mol. The molecular formula is C10H10Br2N2. The summed E-state index contributed by atoms with van der Waals surface area (Å²) in [7, 11) is 0. The molecule has 1 aromatic carbocycles. The van der Waals surface area contributed by atoms with E-state index >= 15 is 0 Å². The van der Waals surface area contributed by atoms with Gasteiger partial charge in [-0.05, 0) is 16.7 Å². The van der Waals surface area contributed by atoms with Crippen LogP contribution >= 0.6 is 31.9 Å². The van der Waals surface area contributed by atoms with Crippen molar-refractivity contribution >= 4 is 31.9 Å². The highest BCUT2D eigenvalue weighted by Crippen LogP contribution is 2.21. The van der Waals surface area contributed by atoms with Crippen LogP contribution < -0.4 is 0 Å². The van der Waals surface area contributed by atoms with Gasteiger partial charge < -0.3 is 0 Å². The summed E-state index contributed by atoms with van der Waals surface area (Å²) in [6.45, 7) is 0. The quantitative estimate of drug-likeness (QED) is 0.754. The maximum Gasteiger partial charge on any atom is 0.185 e. The van der Waals surface area contributed by atoms with E-state index in [9.17, 15) is 0 Å². The molecule has 0 radical (unpaired) electrons. The Morgan fingerprint density at radius 2 is 1.43 bits per heavy atom. The van der Waals surface area contributed by atoms with Gasteiger partial charge in [0.25, 0.3) is 0 Å². The summed E-state index contributed by atoms with van der Waals surface area (Å²) >= 11 is 6.95. The van der Waals surface area contributed by atoms with Crippen LogP contribution in [0.1, 0.15) is 16.7 Å². The van der Waals surface area contributed by atoms with E-state index in [0.717, 1.165) is 17.1 Å². The van der Waals surface area contributed by atoms with E-state index < -0.39 is 0 Å². The van der Waals surface area contributed by atoms with Gasteiger partial charge in [-0.1, -0.05) is 50.1 Å². The summed E-state index contributed by atoms with van der Waals surface area (Å²) in [5, 5.41) is 9.63. The normalized spacial score (nSPS) is 14.7. The number of halogens is 2. The van der Waals surface area contributed by atoms with Crippen molar-refractivity contribution in [2.24, 2.45) is 10.2 Å². The minimum atomic E-state index is 0.226. The van der Waals surface area contributed by atoms with Crippen LogP contribution in [0.2, 0.25) is 0 Å². The summed E-state index contributed by atoms with van der Waals surface area (Å²) in [4.78, 5) is 0. The predicted octanol–water partition coefficient (Wildman–Crippen LogP) is 3.81. The zero-order chi connectivity index (χ0) is 9.97. The van der Waals surface area contributed by atoms with Crippen LogP contribution in [0.4, 0.5) is 0 Å². The Balaban J connectivity index is 2.19. The highest BCUT2D eigenvalue weighted by atomic mass is 79.9. The van der Waals surface area contributed by atoms with Crippen molar-refractivity contribution in [2.75, 3.05) is 0 Å².